The fourth-order valence-electron chi connectivity index (χ4n) is 2.08. The highest BCUT2D eigenvalue weighted by molar-refractivity contribution is 5.83. The summed E-state index contributed by atoms with van der Waals surface area (Å²) >= 11 is 0. The second-order valence-electron chi connectivity index (χ2n) is 5.36. The van der Waals surface area contributed by atoms with Crippen LogP contribution in [0, 0.1) is 23.2 Å². The summed E-state index contributed by atoms with van der Waals surface area (Å²) in [4.78, 5) is 11.5. The van der Waals surface area contributed by atoms with Gasteiger partial charge in [-0.3, -0.25) is 4.79 Å². The van der Waals surface area contributed by atoms with Crippen molar-refractivity contribution < 1.29 is 4.79 Å². The molecule has 0 spiro atoms. The molecule has 1 unspecified atom stereocenters. The molecule has 17 heavy (non-hydrogen) atoms. The van der Waals surface area contributed by atoms with Gasteiger partial charge in [-0.05, 0) is 25.8 Å². The summed E-state index contributed by atoms with van der Waals surface area (Å²) in [5.41, 5.74) is 2.50. The largest absolute Gasteiger partial charge is 0.298 e. The number of carbonyl (C=O) groups excluding carboxylic acids is 1. The Hall–Kier alpha value is -1.29. The van der Waals surface area contributed by atoms with Gasteiger partial charge in [-0.25, -0.2) is 0 Å². The van der Waals surface area contributed by atoms with Crippen molar-refractivity contribution in [3.05, 3.63) is 23.3 Å². The Morgan fingerprint density at radius 3 is 2.71 bits per heavy atom. The van der Waals surface area contributed by atoms with Crippen LogP contribution in [0.1, 0.15) is 47.5 Å². The molecule has 0 aromatic rings. The third kappa shape index (κ3) is 3.33. The Labute approximate surface area is 105 Å². The molecule has 0 bridgehead atoms. The number of ketones is 1. The van der Waals surface area contributed by atoms with E-state index in [0.29, 0.717) is 6.42 Å². The quantitative estimate of drug-likeness (QED) is 0.657. The van der Waals surface area contributed by atoms with Gasteiger partial charge >= 0.3 is 0 Å². The van der Waals surface area contributed by atoms with Crippen LogP contribution in [0.5, 0.6) is 0 Å². The van der Waals surface area contributed by atoms with Gasteiger partial charge in [0.15, 0.2) is 0 Å². The number of rotatable bonds is 2. The number of allylic oxidation sites excluding steroid dienone is 4. The second kappa shape index (κ2) is 5.36. The molecule has 0 saturated heterocycles. The maximum Gasteiger partial charge on any atom is 0.147 e. The molecule has 0 N–H and O–H groups in total. The minimum atomic E-state index is -0.151. The Morgan fingerprint density at radius 1 is 1.53 bits per heavy atom. The summed E-state index contributed by atoms with van der Waals surface area (Å²) in [6.45, 7) is 10.3. The van der Waals surface area contributed by atoms with Gasteiger partial charge in [0.05, 0.1) is 5.92 Å². The van der Waals surface area contributed by atoms with E-state index in [1.54, 1.807) is 0 Å². The smallest absolute Gasteiger partial charge is 0.147 e. The first kappa shape index (κ1) is 13.8. The van der Waals surface area contributed by atoms with Gasteiger partial charge in [0.25, 0.3) is 0 Å². The SMILES string of the molecule is CCC(=O)C(C)C#CC1=C(C)C=CCC1(C)C. The third-order valence-electron chi connectivity index (χ3n) is 3.31. The predicted molar refractivity (Wildman–Crippen MR) is 72.5 cm³/mol. The Bertz CT molecular complexity index is 424. The van der Waals surface area contributed by atoms with Crippen molar-refractivity contribution in [2.24, 2.45) is 11.3 Å². The third-order valence-corrected chi connectivity index (χ3v) is 3.31. The summed E-state index contributed by atoms with van der Waals surface area (Å²) in [6, 6.07) is 0. The van der Waals surface area contributed by atoms with Crippen molar-refractivity contribution in [2.45, 2.75) is 47.5 Å². The summed E-state index contributed by atoms with van der Waals surface area (Å²) in [6.07, 6.45) is 5.91. The summed E-state index contributed by atoms with van der Waals surface area (Å²) < 4.78 is 0. The molecule has 0 amide bonds. The van der Waals surface area contributed by atoms with Gasteiger partial charge in [-0.1, -0.05) is 44.8 Å². The van der Waals surface area contributed by atoms with Crippen molar-refractivity contribution in [3.63, 3.8) is 0 Å². The van der Waals surface area contributed by atoms with E-state index in [1.807, 2.05) is 13.8 Å². The van der Waals surface area contributed by atoms with E-state index in [4.69, 9.17) is 0 Å². The fraction of sp³-hybridized carbons (Fsp3) is 0.562. The standard InChI is InChI=1S/C16H22O/c1-6-15(17)13(3)9-10-14-12(2)8-7-11-16(14,4)5/h7-8,13H,6,11H2,1-5H3. The minimum absolute atomic E-state index is 0.0980. The molecule has 1 aliphatic carbocycles. The van der Waals surface area contributed by atoms with Crippen molar-refractivity contribution in [1.29, 1.82) is 0 Å². The lowest BCUT2D eigenvalue weighted by Gasteiger charge is -2.28. The fourth-order valence-corrected chi connectivity index (χ4v) is 2.08. The molecular formula is C16H22O. The van der Waals surface area contributed by atoms with E-state index in [2.05, 4.69) is 44.8 Å². The van der Waals surface area contributed by atoms with Gasteiger partial charge in [0.2, 0.25) is 0 Å². The van der Waals surface area contributed by atoms with E-state index >= 15 is 0 Å². The number of Topliss-reactive ketones (excluding diaryl/α,β-unsaturated/α-hetero) is 1. The summed E-state index contributed by atoms with van der Waals surface area (Å²) in [5.74, 6) is 6.40. The molecule has 0 radical (unpaired) electrons. The van der Waals surface area contributed by atoms with Crippen LogP contribution in [0.4, 0.5) is 0 Å². The average Bonchev–Trinajstić information content (AvgIpc) is 2.26. The van der Waals surface area contributed by atoms with E-state index < -0.39 is 0 Å². The highest BCUT2D eigenvalue weighted by Gasteiger charge is 2.24. The first-order valence-electron chi connectivity index (χ1n) is 6.30. The average molecular weight is 230 g/mol. The van der Waals surface area contributed by atoms with Crippen LogP contribution in [-0.4, -0.2) is 5.78 Å². The van der Waals surface area contributed by atoms with Crippen LogP contribution < -0.4 is 0 Å². The van der Waals surface area contributed by atoms with Gasteiger partial charge < -0.3 is 0 Å². The van der Waals surface area contributed by atoms with Crippen LogP contribution in [0.2, 0.25) is 0 Å². The zero-order chi connectivity index (χ0) is 13.1. The molecule has 0 saturated carbocycles. The van der Waals surface area contributed by atoms with Crippen LogP contribution in [0.25, 0.3) is 0 Å². The topological polar surface area (TPSA) is 17.1 Å². The van der Waals surface area contributed by atoms with E-state index in [0.717, 1.165) is 6.42 Å². The Balaban J connectivity index is 2.97. The van der Waals surface area contributed by atoms with Gasteiger partial charge in [-0.15, -0.1) is 0 Å². The molecule has 0 fully saturated rings. The van der Waals surface area contributed by atoms with E-state index in [-0.39, 0.29) is 17.1 Å². The molecule has 0 aromatic heterocycles. The first-order valence-corrected chi connectivity index (χ1v) is 6.30. The lowest BCUT2D eigenvalue weighted by molar-refractivity contribution is -0.120. The summed E-state index contributed by atoms with van der Waals surface area (Å²) in [5, 5.41) is 0. The lowest BCUT2D eigenvalue weighted by atomic mass is 9.76. The van der Waals surface area contributed by atoms with Gasteiger partial charge in [0.1, 0.15) is 5.78 Å². The monoisotopic (exact) mass is 230 g/mol. The normalized spacial score (nSPS) is 19.6. The molecule has 0 aromatic carbocycles. The molecule has 92 valence electrons. The molecular weight excluding hydrogens is 208 g/mol. The van der Waals surface area contributed by atoms with Crippen LogP contribution in [0.3, 0.4) is 0 Å². The van der Waals surface area contributed by atoms with Crippen LogP contribution >= 0.6 is 0 Å². The predicted octanol–water partition coefficient (Wildman–Crippen LogP) is 3.91. The maximum atomic E-state index is 11.5. The van der Waals surface area contributed by atoms with E-state index in [9.17, 15) is 4.79 Å². The van der Waals surface area contributed by atoms with Gasteiger partial charge in [0, 0.05) is 17.4 Å². The Kier molecular flexibility index (Phi) is 4.34. The number of carbonyl (C=O) groups is 1. The lowest BCUT2D eigenvalue weighted by Crippen LogP contribution is -2.17. The highest BCUT2D eigenvalue weighted by Crippen LogP contribution is 2.36. The molecule has 1 nitrogen and oxygen atoms in total. The maximum absolute atomic E-state index is 11.5. The molecule has 0 heterocycles. The highest BCUT2D eigenvalue weighted by atomic mass is 16.1. The van der Waals surface area contributed by atoms with Crippen molar-refractivity contribution in [2.75, 3.05) is 0 Å². The zero-order valence-corrected chi connectivity index (χ0v) is 11.6. The van der Waals surface area contributed by atoms with Crippen molar-refractivity contribution in [3.8, 4) is 11.8 Å². The van der Waals surface area contributed by atoms with E-state index in [1.165, 1.54) is 11.1 Å². The van der Waals surface area contributed by atoms with Crippen molar-refractivity contribution >= 4 is 5.78 Å². The molecule has 1 rings (SSSR count). The number of hydrogen-bond acceptors (Lipinski definition) is 1. The molecule has 1 atom stereocenters. The molecule has 1 aliphatic rings. The molecule has 1 heteroatoms. The zero-order valence-electron chi connectivity index (χ0n) is 11.6. The second-order valence-corrected chi connectivity index (χ2v) is 5.36. The minimum Gasteiger partial charge on any atom is -0.298 e. The van der Waals surface area contributed by atoms with Crippen LogP contribution in [0.15, 0.2) is 23.3 Å². The first-order chi connectivity index (χ1) is 7.88. The summed E-state index contributed by atoms with van der Waals surface area (Å²) in [7, 11) is 0. The molecule has 0 aliphatic heterocycles. The number of hydrogen-bond donors (Lipinski definition) is 0. The van der Waals surface area contributed by atoms with Crippen molar-refractivity contribution in [1.82, 2.24) is 0 Å². The Morgan fingerprint density at radius 2 is 2.18 bits per heavy atom. The van der Waals surface area contributed by atoms with Crippen LogP contribution in [-0.2, 0) is 4.79 Å². The van der Waals surface area contributed by atoms with Gasteiger partial charge in [-0.2, -0.15) is 0 Å².